The molecule has 1 aliphatic heterocycles. The zero-order valence-corrected chi connectivity index (χ0v) is 9.62. The summed E-state index contributed by atoms with van der Waals surface area (Å²) < 4.78 is 0. The summed E-state index contributed by atoms with van der Waals surface area (Å²) in [5.41, 5.74) is 0. The van der Waals surface area contributed by atoms with Crippen LogP contribution in [-0.2, 0) is 0 Å². The fourth-order valence-electron chi connectivity index (χ4n) is 2.56. The van der Waals surface area contributed by atoms with Crippen LogP contribution in [-0.4, -0.2) is 48.8 Å². The van der Waals surface area contributed by atoms with Crippen LogP contribution in [0.15, 0.2) is 0 Å². The quantitative estimate of drug-likeness (QED) is 0.684. The second-order valence-corrected chi connectivity index (χ2v) is 4.99. The van der Waals surface area contributed by atoms with Crippen molar-refractivity contribution in [3.05, 3.63) is 0 Å². The minimum atomic E-state index is 0.319. The summed E-state index contributed by atoms with van der Waals surface area (Å²) in [4.78, 5) is 2.48. The van der Waals surface area contributed by atoms with E-state index in [1.807, 2.05) is 0 Å². The van der Waals surface area contributed by atoms with Crippen LogP contribution in [0.1, 0.15) is 32.1 Å². The van der Waals surface area contributed by atoms with Crippen molar-refractivity contribution < 1.29 is 5.11 Å². The van der Waals surface area contributed by atoms with E-state index in [-0.39, 0.29) is 0 Å². The van der Waals surface area contributed by atoms with Crippen LogP contribution in [0.4, 0.5) is 0 Å². The molecule has 1 unspecified atom stereocenters. The highest BCUT2D eigenvalue weighted by molar-refractivity contribution is 4.85. The molecule has 2 aliphatic rings. The zero-order valence-electron chi connectivity index (χ0n) is 9.62. The van der Waals surface area contributed by atoms with Crippen molar-refractivity contribution in [2.24, 2.45) is 5.92 Å². The minimum Gasteiger partial charge on any atom is -0.395 e. The summed E-state index contributed by atoms with van der Waals surface area (Å²) in [6.07, 6.45) is 6.74. The van der Waals surface area contributed by atoms with E-state index in [0.717, 1.165) is 18.5 Å². The van der Waals surface area contributed by atoms with Crippen LogP contribution in [0.3, 0.4) is 0 Å². The van der Waals surface area contributed by atoms with Gasteiger partial charge >= 0.3 is 0 Å². The van der Waals surface area contributed by atoms with Gasteiger partial charge in [0.15, 0.2) is 0 Å². The maximum Gasteiger partial charge on any atom is 0.0558 e. The van der Waals surface area contributed by atoms with Gasteiger partial charge in [0, 0.05) is 12.6 Å². The Morgan fingerprint density at radius 2 is 2.07 bits per heavy atom. The molecular formula is C12H24N2O. The Bertz CT molecular complexity index is 176. The molecule has 88 valence electrons. The molecule has 2 fully saturated rings. The molecule has 1 saturated carbocycles. The highest BCUT2D eigenvalue weighted by atomic mass is 16.3. The Kier molecular flexibility index (Phi) is 4.42. The lowest BCUT2D eigenvalue weighted by molar-refractivity contribution is 0.175. The number of nitrogens with zero attached hydrogens (tertiary/aromatic N) is 1. The Morgan fingerprint density at radius 1 is 1.20 bits per heavy atom. The van der Waals surface area contributed by atoms with Gasteiger partial charge in [0.1, 0.15) is 0 Å². The second kappa shape index (κ2) is 5.83. The normalized spacial score (nSPS) is 27.2. The lowest BCUT2D eigenvalue weighted by Gasteiger charge is -2.27. The summed E-state index contributed by atoms with van der Waals surface area (Å²) >= 11 is 0. The molecule has 0 aromatic heterocycles. The van der Waals surface area contributed by atoms with Gasteiger partial charge in [-0.3, -0.25) is 4.90 Å². The van der Waals surface area contributed by atoms with Crippen LogP contribution in [0.2, 0.25) is 0 Å². The molecule has 0 bridgehead atoms. The van der Waals surface area contributed by atoms with E-state index in [2.05, 4.69) is 10.2 Å². The van der Waals surface area contributed by atoms with Gasteiger partial charge in [0.2, 0.25) is 0 Å². The van der Waals surface area contributed by atoms with Gasteiger partial charge in [-0.15, -0.1) is 0 Å². The van der Waals surface area contributed by atoms with Crippen molar-refractivity contribution in [3.8, 4) is 0 Å². The van der Waals surface area contributed by atoms with Crippen molar-refractivity contribution in [2.75, 3.05) is 32.8 Å². The standard InChI is InChI=1S/C12H24N2O/c15-9-8-14(12-3-4-12)7-5-11-2-1-6-13-10-11/h11-13,15H,1-10H2. The molecule has 0 radical (unpaired) electrons. The Hall–Kier alpha value is -0.120. The monoisotopic (exact) mass is 212 g/mol. The molecule has 2 rings (SSSR count). The van der Waals surface area contributed by atoms with Crippen molar-refractivity contribution >= 4 is 0 Å². The molecule has 0 spiro atoms. The number of aliphatic hydroxyl groups excluding tert-OH is 1. The topological polar surface area (TPSA) is 35.5 Å². The van der Waals surface area contributed by atoms with E-state index in [1.165, 1.54) is 51.7 Å². The zero-order chi connectivity index (χ0) is 10.5. The highest BCUT2D eigenvalue weighted by Crippen LogP contribution is 2.27. The third kappa shape index (κ3) is 3.74. The molecular weight excluding hydrogens is 188 g/mol. The van der Waals surface area contributed by atoms with Gasteiger partial charge in [-0.1, -0.05) is 0 Å². The van der Waals surface area contributed by atoms with E-state index >= 15 is 0 Å². The summed E-state index contributed by atoms with van der Waals surface area (Å²) in [5.74, 6) is 0.874. The molecule has 1 saturated heterocycles. The number of aliphatic hydroxyl groups is 1. The molecule has 0 amide bonds. The molecule has 1 heterocycles. The summed E-state index contributed by atoms with van der Waals surface area (Å²) in [6, 6.07) is 0.800. The average molecular weight is 212 g/mol. The van der Waals surface area contributed by atoms with E-state index in [0.29, 0.717) is 6.61 Å². The van der Waals surface area contributed by atoms with E-state index in [4.69, 9.17) is 5.11 Å². The molecule has 3 nitrogen and oxygen atoms in total. The second-order valence-electron chi connectivity index (χ2n) is 4.99. The number of rotatable bonds is 6. The van der Waals surface area contributed by atoms with Gasteiger partial charge in [-0.25, -0.2) is 0 Å². The SMILES string of the molecule is OCCN(CCC1CCCNC1)C1CC1. The van der Waals surface area contributed by atoms with Crippen LogP contribution < -0.4 is 5.32 Å². The molecule has 2 N–H and O–H groups in total. The number of hydrogen-bond acceptors (Lipinski definition) is 3. The van der Waals surface area contributed by atoms with Crippen molar-refractivity contribution in [3.63, 3.8) is 0 Å². The third-order valence-corrected chi connectivity index (χ3v) is 3.67. The van der Waals surface area contributed by atoms with Gasteiger partial charge in [0.05, 0.1) is 6.61 Å². The first-order valence-electron chi connectivity index (χ1n) is 6.46. The Labute approximate surface area is 92.8 Å². The van der Waals surface area contributed by atoms with Crippen LogP contribution in [0, 0.1) is 5.92 Å². The van der Waals surface area contributed by atoms with Gasteiger partial charge in [-0.05, 0) is 57.7 Å². The first kappa shape index (κ1) is 11.4. The Balaban J connectivity index is 1.65. The van der Waals surface area contributed by atoms with E-state index < -0.39 is 0 Å². The largest absolute Gasteiger partial charge is 0.395 e. The number of piperidine rings is 1. The van der Waals surface area contributed by atoms with E-state index in [9.17, 15) is 0 Å². The highest BCUT2D eigenvalue weighted by Gasteiger charge is 2.28. The molecule has 3 heteroatoms. The first-order chi connectivity index (χ1) is 7.40. The fraction of sp³-hybridized carbons (Fsp3) is 1.00. The molecule has 1 aliphatic carbocycles. The number of nitrogens with one attached hydrogen (secondary N) is 1. The van der Waals surface area contributed by atoms with Crippen LogP contribution >= 0.6 is 0 Å². The predicted molar refractivity (Wildman–Crippen MR) is 61.9 cm³/mol. The number of hydrogen-bond donors (Lipinski definition) is 2. The third-order valence-electron chi connectivity index (χ3n) is 3.67. The van der Waals surface area contributed by atoms with Gasteiger partial charge in [-0.2, -0.15) is 0 Å². The Morgan fingerprint density at radius 3 is 2.67 bits per heavy atom. The van der Waals surface area contributed by atoms with E-state index in [1.54, 1.807) is 0 Å². The van der Waals surface area contributed by atoms with Crippen molar-refractivity contribution in [1.29, 1.82) is 0 Å². The lowest BCUT2D eigenvalue weighted by atomic mass is 9.96. The smallest absolute Gasteiger partial charge is 0.0558 e. The maximum absolute atomic E-state index is 9.00. The first-order valence-corrected chi connectivity index (χ1v) is 6.46. The maximum atomic E-state index is 9.00. The molecule has 15 heavy (non-hydrogen) atoms. The summed E-state index contributed by atoms with van der Waals surface area (Å²) in [5, 5.41) is 12.5. The average Bonchev–Trinajstić information content (AvgIpc) is 3.09. The van der Waals surface area contributed by atoms with Crippen molar-refractivity contribution in [2.45, 2.75) is 38.1 Å². The molecule has 0 aromatic carbocycles. The predicted octanol–water partition coefficient (Wildman–Crippen LogP) is 0.833. The van der Waals surface area contributed by atoms with Crippen molar-refractivity contribution in [1.82, 2.24) is 10.2 Å². The fourth-order valence-corrected chi connectivity index (χ4v) is 2.56. The summed E-state index contributed by atoms with van der Waals surface area (Å²) in [7, 11) is 0. The van der Waals surface area contributed by atoms with Gasteiger partial charge in [0.25, 0.3) is 0 Å². The summed E-state index contributed by atoms with van der Waals surface area (Å²) in [6.45, 7) is 4.80. The minimum absolute atomic E-state index is 0.319. The molecule has 1 atom stereocenters. The van der Waals surface area contributed by atoms with Crippen LogP contribution in [0.25, 0.3) is 0 Å². The van der Waals surface area contributed by atoms with Gasteiger partial charge < -0.3 is 10.4 Å². The molecule has 0 aromatic rings. The van der Waals surface area contributed by atoms with Crippen LogP contribution in [0.5, 0.6) is 0 Å². The lowest BCUT2D eigenvalue weighted by Crippen LogP contribution is -2.35.